The van der Waals surface area contributed by atoms with E-state index >= 15 is 0 Å². The number of amides is 2. The molecule has 2 aromatic rings. The first-order chi connectivity index (χ1) is 11.2. The maximum atomic E-state index is 12.2. The van der Waals surface area contributed by atoms with Crippen molar-refractivity contribution in [1.29, 1.82) is 0 Å². The molecule has 8 heteroatoms. The third kappa shape index (κ3) is 3.05. The number of para-hydroxylation sites is 2. The van der Waals surface area contributed by atoms with Crippen LogP contribution < -0.4 is 20.1 Å². The molecular weight excluding hydrogens is 300 g/mol. The maximum Gasteiger partial charge on any atom is 0.272 e. The van der Waals surface area contributed by atoms with Gasteiger partial charge in [0.2, 0.25) is 0 Å². The molecule has 2 heterocycles. The van der Waals surface area contributed by atoms with Crippen molar-refractivity contribution in [2.24, 2.45) is 0 Å². The summed E-state index contributed by atoms with van der Waals surface area (Å²) < 4.78 is 10.6. The molecule has 1 aliphatic rings. The zero-order valence-electron chi connectivity index (χ0n) is 12.2. The highest BCUT2D eigenvalue weighted by Gasteiger charge is 2.38. The molecule has 1 aromatic carbocycles. The number of carbonyl (C=O) groups is 2. The molecule has 118 valence electrons. The van der Waals surface area contributed by atoms with Crippen LogP contribution in [-0.2, 0) is 9.59 Å². The predicted octanol–water partition coefficient (Wildman–Crippen LogP) is 0.177. The average molecular weight is 314 g/mol. The highest BCUT2D eigenvalue weighted by molar-refractivity contribution is 6.05. The minimum absolute atomic E-state index is 0.296. The summed E-state index contributed by atoms with van der Waals surface area (Å²) in [6.07, 6.45) is 0.954. The van der Waals surface area contributed by atoms with Crippen LogP contribution in [0.25, 0.3) is 0 Å². The van der Waals surface area contributed by atoms with Crippen LogP contribution in [0.1, 0.15) is 12.0 Å². The quantitative estimate of drug-likeness (QED) is 0.780. The lowest BCUT2D eigenvalue weighted by atomic mass is 10.2. The molecule has 1 aliphatic heterocycles. The van der Waals surface area contributed by atoms with Crippen molar-refractivity contribution in [2.75, 3.05) is 7.11 Å². The fourth-order valence-electron chi connectivity index (χ4n) is 2.13. The van der Waals surface area contributed by atoms with Crippen LogP contribution in [0.5, 0.6) is 11.5 Å². The molecule has 0 unspecified atom stereocenters. The third-order valence-electron chi connectivity index (χ3n) is 3.21. The van der Waals surface area contributed by atoms with E-state index in [2.05, 4.69) is 20.6 Å². The number of nitrogens with one attached hydrogen (secondary N) is 2. The van der Waals surface area contributed by atoms with E-state index in [1.165, 1.54) is 19.5 Å². The van der Waals surface area contributed by atoms with Gasteiger partial charge in [-0.1, -0.05) is 12.1 Å². The SMILES string of the molecule is COc1ccccc1OC1C(=O)NC(c2ncccn2)NC1=O. The van der Waals surface area contributed by atoms with Crippen molar-refractivity contribution >= 4 is 11.8 Å². The number of methoxy groups -OCH3 is 1. The Balaban J connectivity index is 1.76. The predicted molar refractivity (Wildman–Crippen MR) is 78.5 cm³/mol. The molecule has 0 spiro atoms. The Bertz CT molecular complexity index is 704. The fraction of sp³-hybridized carbons (Fsp3) is 0.200. The molecule has 1 fully saturated rings. The molecule has 0 saturated carbocycles. The van der Waals surface area contributed by atoms with E-state index in [9.17, 15) is 9.59 Å². The summed E-state index contributed by atoms with van der Waals surface area (Å²) >= 11 is 0. The molecule has 0 bridgehead atoms. The fourth-order valence-corrected chi connectivity index (χ4v) is 2.13. The van der Waals surface area contributed by atoms with Gasteiger partial charge in [-0.25, -0.2) is 9.97 Å². The van der Waals surface area contributed by atoms with Gasteiger partial charge in [-0.2, -0.15) is 0 Å². The van der Waals surface area contributed by atoms with Crippen LogP contribution in [0.4, 0.5) is 0 Å². The first kappa shape index (κ1) is 14.8. The zero-order chi connectivity index (χ0) is 16.2. The summed E-state index contributed by atoms with van der Waals surface area (Å²) in [6, 6.07) is 8.41. The first-order valence-corrected chi connectivity index (χ1v) is 6.86. The van der Waals surface area contributed by atoms with E-state index in [0.717, 1.165) is 0 Å². The summed E-state index contributed by atoms with van der Waals surface area (Å²) in [5, 5.41) is 5.22. The molecule has 1 saturated heterocycles. The normalized spacial score (nSPS) is 20.4. The Kier molecular flexibility index (Phi) is 4.05. The van der Waals surface area contributed by atoms with E-state index in [1.54, 1.807) is 30.3 Å². The van der Waals surface area contributed by atoms with E-state index in [4.69, 9.17) is 9.47 Å². The van der Waals surface area contributed by atoms with Crippen LogP contribution in [-0.4, -0.2) is 35.0 Å². The number of ether oxygens (including phenoxy) is 2. The van der Waals surface area contributed by atoms with Gasteiger partial charge in [0.25, 0.3) is 17.9 Å². The largest absolute Gasteiger partial charge is 0.493 e. The van der Waals surface area contributed by atoms with Crippen molar-refractivity contribution in [2.45, 2.75) is 12.3 Å². The molecule has 1 aromatic heterocycles. The van der Waals surface area contributed by atoms with Gasteiger partial charge in [0.05, 0.1) is 7.11 Å². The van der Waals surface area contributed by atoms with E-state index in [1.807, 2.05) is 0 Å². The van der Waals surface area contributed by atoms with E-state index < -0.39 is 24.1 Å². The molecule has 0 radical (unpaired) electrons. The Hall–Kier alpha value is -3.16. The second-order valence-electron chi connectivity index (χ2n) is 4.71. The number of hydrogen-bond donors (Lipinski definition) is 2. The van der Waals surface area contributed by atoms with Gasteiger partial charge in [-0.05, 0) is 18.2 Å². The van der Waals surface area contributed by atoms with Gasteiger partial charge in [0.15, 0.2) is 23.5 Å². The van der Waals surface area contributed by atoms with Gasteiger partial charge >= 0.3 is 0 Å². The van der Waals surface area contributed by atoms with Gasteiger partial charge in [0, 0.05) is 12.4 Å². The highest BCUT2D eigenvalue weighted by Crippen LogP contribution is 2.27. The number of nitrogens with zero attached hydrogens (tertiary/aromatic N) is 2. The number of hydrogen-bond acceptors (Lipinski definition) is 6. The summed E-state index contributed by atoms with van der Waals surface area (Å²) in [7, 11) is 1.48. The second kappa shape index (κ2) is 6.30. The number of benzene rings is 1. The summed E-state index contributed by atoms with van der Waals surface area (Å²) in [4.78, 5) is 32.4. The van der Waals surface area contributed by atoms with E-state index in [0.29, 0.717) is 17.3 Å². The van der Waals surface area contributed by atoms with Crippen molar-refractivity contribution in [3.8, 4) is 11.5 Å². The second-order valence-corrected chi connectivity index (χ2v) is 4.71. The zero-order valence-corrected chi connectivity index (χ0v) is 12.2. The van der Waals surface area contributed by atoms with Crippen LogP contribution >= 0.6 is 0 Å². The molecule has 2 amide bonds. The molecule has 2 N–H and O–H groups in total. The average Bonchev–Trinajstić information content (AvgIpc) is 2.59. The third-order valence-corrected chi connectivity index (χ3v) is 3.21. The van der Waals surface area contributed by atoms with Crippen LogP contribution in [0.3, 0.4) is 0 Å². The number of carbonyl (C=O) groups excluding carboxylic acids is 2. The molecule has 23 heavy (non-hydrogen) atoms. The van der Waals surface area contributed by atoms with Gasteiger partial charge < -0.3 is 20.1 Å². The summed E-state index contributed by atoms with van der Waals surface area (Å²) in [5.41, 5.74) is 0. The van der Waals surface area contributed by atoms with Crippen LogP contribution in [0.2, 0.25) is 0 Å². The Morgan fingerprint density at radius 1 is 0.957 bits per heavy atom. The van der Waals surface area contributed by atoms with E-state index in [-0.39, 0.29) is 0 Å². The molecule has 0 aliphatic carbocycles. The monoisotopic (exact) mass is 314 g/mol. The number of aromatic nitrogens is 2. The maximum absolute atomic E-state index is 12.2. The molecule has 8 nitrogen and oxygen atoms in total. The molecule has 0 atom stereocenters. The van der Waals surface area contributed by atoms with Gasteiger partial charge in [-0.15, -0.1) is 0 Å². The smallest absolute Gasteiger partial charge is 0.272 e. The molecular formula is C15H14N4O4. The van der Waals surface area contributed by atoms with Crippen molar-refractivity contribution in [1.82, 2.24) is 20.6 Å². The van der Waals surface area contributed by atoms with Crippen molar-refractivity contribution < 1.29 is 19.1 Å². The Labute approximate surface area is 131 Å². The minimum Gasteiger partial charge on any atom is -0.493 e. The highest BCUT2D eigenvalue weighted by atomic mass is 16.5. The summed E-state index contributed by atoms with van der Waals surface area (Å²) in [6.45, 7) is 0. The van der Waals surface area contributed by atoms with Crippen molar-refractivity contribution in [3.05, 3.63) is 48.5 Å². The van der Waals surface area contributed by atoms with Crippen LogP contribution in [0.15, 0.2) is 42.7 Å². The molecule has 3 rings (SSSR count). The van der Waals surface area contributed by atoms with Gasteiger partial charge in [-0.3, -0.25) is 9.59 Å². The summed E-state index contributed by atoms with van der Waals surface area (Å²) in [5.74, 6) is -0.111. The topological polar surface area (TPSA) is 102 Å². The lowest BCUT2D eigenvalue weighted by molar-refractivity contribution is -0.144. The Morgan fingerprint density at radius 3 is 2.17 bits per heavy atom. The first-order valence-electron chi connectivity index (χ1n) is 6.86. The lowest BCUT2D eigenvalue weighted by Gasteiger charge is -2.29. The number of rotatable bonds is 4. The lowest BCUT2D eigenvalue weighted by Crippen LogP contribution is -2.59. The Morgan fingerprint density at radius 2 is 1.57 bits per heavy atom. The van der Waals surface area contributed by atoms with Gasteiger partial charge in [0.1, 0.15) is 0 Å². The minimum atomic E-state index is -1.31. The van der Waals surface area contributed by atoms with Crippen LogP contribution in [0, 0.1) is 0 Å². The standard InChI is InChI=1S/C15H14N4O4/c1-22-9-5-2-3-6-10(9)23-11-14(20)18-13(19-15(11)21)12-16-7-4-8-17-12/h2-8,11,13H,1H3,(H,18,20)(H,19,21). The van der Waals surface area contributed by atoms with Crippen molar-refractivity contribution in [3.63, 3.8) is 0 Å².